The van der Waals surface area contributed by atoms with E-state index in [1.165, 1.54) is 21.9 Å². The lowest BCUT2D eigenvalue weighted by Gasteiger charge is -2.28. The fraction of sp³-hybridized carbons (Fsp3) is 0.351. The van der Waals surface area contributed by atoms with Gasteiger partial charge in [-0.15, -0.1) is 0 Å². The van der Waals surface area contributed by atoms with Crippen molar-refractivity contribution in [3.63, 3.8) is 0 Å². The molecule has 0 unspecified atom stereocenters. The van der Waals surface area contributed by atoms with Gasteiger partial charge in [0.2, 0.25) is 4.90 Å². The molecular formula is C37H46O6S2. The van der Waals surface area contributed by atoms with Gasteiger partial charge < -0.3 is 18.8 Å². The van der Waals surface area contributed by atoms with E-state index in [0.29, 0.717) is 0 Å². The van der Waals surface area contributed by atoms with Gasteiger partial charge in [0.1, 0.15) is 43.6 Å². The first-order valence-electron chi connectivity index (χ1n) is 14.8. The summed E-state index contributed by atoms with van der Waals surface area (Å²) in [5, 5.41) is 0. The minimum atomic E-state index is -4.27. The molecular weight excluding hydrogens is 605 g/mol. The second kappa shape index (κ2) is 14.3. The smallest absolute Gasteiger partial charge is 0.250 e. The van der Waals surface area contributed by atoms with Gasteiger partial charge in [0.15, 0.2) is 21.3 Å². The normalized spacial score (nSPS) is 12.3. The Labute approximate surface area is 272 Å². The number of hydrogen-bond acceptors (Lipinski definition) is 6. The lowest BCUT2D eigenvalue weighted by Crippen LogP contribution is -2.27. The van der Waals surface area contributed by atoms with E-state index in [-0.39, 0.29) is 10.5 Å². The summed E-state index contributed by atoms with van der Waals surface area (Å²) >= 11 is 0. The number of ether oxygens (including phenoxy) is 3. The van der Waals surface area contributed by atoms with Crippen LogP contribution in [0.15, 0.2) is 117 Å². The monoisotopic (exact) mass is 650 g/mol. The van der Waals surface area contributed by atoms with Crippen molar-refractivity contribution in [2.45, 2.75) is 106 Å². The van der Waals surface area contributed by atoms with Crippen molar-refractivity contribution >= 4 is 21.0 Å². The fourth-order valence-electron chi connectivity index (χ4n) is 4.17. The molecule has 0 saturated heterocycles. The Kier molecular flexibility index (Phi) is 11.5. The van der Waals surface area contributed by atoms with Gasteiger partial charge in [-0.25, -0.2) is 8.42 Å². The first kappa shape index (κ1) is 36.0. The SMILES string of the molecule is CC(C)(C)Oc1cc(OC(C)(C)C)c([S+](c2ccccc2)c2ccccc2)c(OC(C)(C)C)c1.Cc1ccc(S(=O)(=O)[O-])cc1. The third-order valence-electron chi connectivity index (χ3n) is 5.72. The number of aryl methyl sites for hydroxylation is 1. The van der Waals surface area contributed by atoms with E-state index >= 15 is 0 Å². The Hall–Kier alpha value is -3.46. The average molecular weight is 651 g/mol. The zero-order valence-electron chi connectivity index (χ0n) is 28.0. The quantitative estimate of drug-likeness (QED) is 0.146. The molecule has 0 amide bonds. The Morgan fingerprint density at radius 3 is 1.29 bits per heavy atom. The molecule has 0 radical (unpaired) electrons. The number of benzene rings is 4. The maximum Gasteiger partial charge on any atom is 0.250 e. The van der Waals surface area contributed by atoms with Crippen molar-refractivity contribution < 1.29 is 27.2 Å². The Balaban J connectivity index is 0.000000423. The first-order chi connectivity index (χ1) is 20.7. The van der Waals surface area contributed by atoms with Crippen LogP contribution in [-0.2, 0) is 21.0 Å². The lowest BCUT2D eigenvalue weighted by molar-refractivity contribution is 0.105. The topological polar surface area (TPSA) is 84.9 Å². The van der Waals surface area contributed by atoms with Gasteiger partial charge in [-0.2, -0.15) is 0 Å². The van der Waals surface area contributed by atoms with E-state index in [1.54, 1.807) is 12.1 Å². The Morgan fingerprint density at radius 2 is 0.956 bits per heavy atom. The summed E-state index contributed by atoms with van der Waals surface area (Å²) in [5.74, 6) is 2.30. The third-order valence-corrected chi connectivity index (χ3v) is 8.87. The van der Waals surface area contributed by atoms with Gasteiger partial charge in [-0.3, -0.25) is 0 Å². The van der Waals surface area contributed by atoms with Crippen LogP contribution in [0.4, 0.5) is 0 Å². The molecule has 0 saturated carbocycles. The molecule has 6 nitrogen and oxygen atoms in total. The molecule has 0 aliphatic carbocycles. The largest absolute Gasteiger partial charge is 0.744 e. The van der Waals surface area contributed by atoms with E-state index < -0.39 is 32.2 Å². The van der Waals surface area contributed by atoms with Crippen LogP contribution in [-0.4, -0.2) is 29.8 Å². The van der Waals surface area contributed by atoms with Crippen molar-refractivity contribution in [3.8, 4) is 17.2 Å². The molecule has 4 rings (SSSR count). The van der Waals surface area contributed by atoms with Gasteiger partial charge >= 0.3 is 0 Å². The van der Waals surface area contributed by atoms with Crippen LogP contribution >= 0.6 is 0 Å². The van der Waals surface area contributed by atoms with Crippen molar-refractivity contribution in [3.05, 3.63) is 103 Å². The van der Waals surface area contributed by atoms with Crippen molar-refractivity contribution in [1.29, 1.82) is 0 Å². The lowest BCUT2D eigenvalue weighted by atomic mass is 10.1. The second-order valence-corrected chi connectivity index (χ2v) is 16.9. The highest BCUT2D eigenvalue weighted by molar-refractivity contribution is 7.97. The molecule has 45 heavy (non-hydrogen) atoms. The van der Waals surface area contributed by atoms with Crippen LogP contribution in [0.25, 0.3) is 0 Å². The molecule has 4 aromatic carbocycles. The fourth-order valence-corrected chi connectivity index (χ4v) is 6.84. The van der Waals surface area contributed by atoms with Crippen molar-refractivity contribution in [2.24, 2.45) is 0 Å². The van der Waals surface area contributed by atoms with E-state index in [4.69, 9.17) is 14.2 Å². The van der Waals surface area contributed by atoms with Gasteiger partial charge in [0, 0.05) is 12.1 Å². The molecule has 0 aliphatic heterocycles. The van der Waals surface area contributed by atoms with Gasteiger partial charge in [-0.1, -0.05) is 54.1 Å². The molecule has 0 fully saturated rings. The van der Waals surface area contributed by atoms with Crippen LogP contribution in [0.1, 0.15) is 67.9 Å². The predicted octanol–water partition coefficient (Wildman–Crippen LogP) is 9.21. The predicted molar refractivity (Wildman–Crippen MR) is 182 cm³/mol. The van der Waals surface area contributed by atoms with E-state index in [0.717, 1.165) is 27.7 Å². The Morgan fingerprint density at radius 1 is 0.578 bits per heavy atom. The summed E-state index contributed by atoms with van der Waals surface area (Å²) in [4.78, 5) is 3.26. The van der Waals surface area contributed by atoms with Crippen molar-refractivity contribution in [1.82, 2.24) is 0 Å². The van der Waals surface area contributed by atoms with Crippen LogP contribution in [0, 0.1) is 6.92 Å². The summed E-state index contributed by atoms with van der Waals surface area (Å²) < 4.78 is 50.7. The van der Waals surface area contributed by atoms with E-state index in [9.17, 15) is 13.0 Å². The average Bonchev–Trinajstić information content (AvgIpc) is 2.89. The van der Waals surface area contributed by atoms with Crippen molar-refractivity contribution in [2.75, 3.05) is 0 Å². The maximum atomic E-state index is 10.4. The minimum absolute atomic E-state index is 0.178. The minimum Gasteiger partial charge on any atom is -0.744 e. The highest BCUT2D eigenvalue weighted by Crippen LogP contribution is 2.47. The molecule has 242 valence electrons. The van der Waals surface area contributed by atoms with Crippen LogP contribution in [0.5, 0.6) is 17.2 Å². The molecule has 0 heterocycles. The molecule has 0 bridgehead atoms. The summed E-state index contributed by atoms with van der Waals surface area (Å²) in [6.07, 6.45) is 0. The van der Waals surface area contributed by atoms with E-state index in [2.05, 4.69) is 102 Å². The molecule has 0 N–H and O–H groups in total. The highest BCUT2D eigenvalue weighted by atomic mass is 32.2. The molecule has 0 atom stereocenters. The molecule has 4 aromatic rings. The van der Waals surface area contributed by atoms with Crippen LogP contribution in [0.3, 0.4) is 0 Å². The van der Waals surface area contributed by atoms with Gasteiger partial charge in [-0.05, 0) is 106 Å². The summed E-state index contributed by atoms with van der Waals surface area (Å²) in [6.45, 7) is 20.4. The zero-order valence-corrected chi connectivity index (χ0v) is 29.6. The van der Waals surface area contributed by atoms with Crippen LogP contribution < -0.4 is 14.2 Å². The number of rotatable bonds is 7. The zero-order chi connectivity index (χ0) is 33.6. The Bertz CT molecular complexity index is 1550. The summed E-state index contributed by atoms with van der Waals surface area (Å²) in [5.41, 5.74) is -0.204. The number of hydrogen-bond donors (Lipinski definition) is 0. The maximum absolute atomic E-state index is 10.4. The molecule has 8 heteroatoms. The standard InChI is InChI=1S/C30H39O3S.C7H8O3S/c1-28(2,3)31-22-20-25(32-29(4,5)6)27(26(21-22)33-30(7,8)9)34(23-16-12-10-13-17-23)24-18-14-11-15-19-24;1-6-2-4-7(5-3-6)11(8,9)10/h10-21H,1-9H3;2-5H,1H3,(H,8,9,10)/q+1;/p-1. The van der Waals surface area contributed by atoms with Gasteiger partial charge in [0.05, 0.1) is 4.90 Å². The second-order valence-electron chi connectivity index (χ2n) is 13.6. The van der Waals surface area contributed by atoms with E-state index in [1.807, 2.05) is 39.8 Å². The first-order valence-corrected chi connectivity index (χ1v) is 17.5. The molecule has 0 aromatic heterocycles. The van der Waals surface area contributed by atoms with Crippen LogP contribution in [0.2, 0.25) is 0 Å². The summed E-state index contributed by atoms with van der Waals surface area (Å²) in [7, 11) is -4.71. The molecule has 0 aliphatic rings. The highest BCUT2D eigenvalue weighted by Gasteiger charge is 2.39. The van der Waals surface area contributed by atoms with Gasteiger partial charge in [0.25, 0.3) is 0 Å². The molecule has 0 spiro atoms. The third kappa shape index (κ3) is 11.8. The summed E-state index contributed by atoms with van der Waals surface area (Å²) in [6, 6.07) is 31.0.